The third kappa shape index (κ3) is 3.68. The summed E-state index contributed by atoms with van der Waals surface area (Å²) in [5.41, 5.74) is -0.813. The van der Waals surface area contributed by atoms with Crippen molar-refractivity contribution in [3.05, 3.63) is 0 Å². The molecule has 0 spiro atoms. The second kappa shape index (κ2) is 6.36. The van der Waals surface area contributed by atoms with E-state index in [9.17, 15) is 15.0 Å². The standard InChI is InChI=1S/C13H24O4/c1-2-3-10-4-6-13(7-5-10,12(16)17)8-11(15)9-14/h10-11,14-15H,2-9H2,1H3,(H,16,17). The lowest BCUT2D eigenvalue weighted by atomic mass is 9.67. The second-order valence-corrected chi connectivity index (χ2v) is 5.36. The van der Waals surface area contributed by atoms with Crippen molar-refractivity contribution >= 4 is 5.97 Å². The molecule has 0 aromatic rings. The minimum atomic E-state index is -0.908. The molecule has 0 heterocycles. The molecule has 0 aromatic carbocycles. The summed E-state index contributed by atoms with van der Waals surface area (Å²) >= 11 is 0. The predicted octanol–water partition coefficient (Wildman–Crippen LogP) is 1.79. The molecule has 0 bridgehead atoms. The Labute approximate surface area is 103 Å². The Hall–Kier alpha value is -0.610. The van der Waals surface area contributed by atoms with E-state index in [4.69, 9.17) is 5.11 Å². The lowest BCUT2D eigenvalue weighted by molar-refractivity contribution is -0.154. The molecule has 0 amide bonds. The van der Waals surface area contributed by atoms with Gasteiger partial charge in [0.05, 0.1) is 18.1 Å². The van der Waals surface area contributed by atoms with Crippen LogP contribution in [0.2, 0.25) is 0 Å². The van der Waals surface area contributed by atoms with Crippen LogP contribution in [0.4, 0.5) is 0 Å². The van der Waals surface area contributed by atoms with Gasteiger partial charge in [-0.15, -0.1) is 0 Å². The summed E-state index contributed by atoms with van der Waals surface area (Å²) in [6.45, 7) is 1.79. The van der Waals surface area contributed by atoms with E-state index in [0.717, 1.165) is 25.7 Å². The zero-order valence-corrected chi connectivity index (χ0v) is 10.6. The van der Waals surface area contributed by atoms with Crippen LogP contribution in [-0.2, 0) is 4.79 Å². The number of rotatable bonds is 6. The van der Waals surface area contributed by atoms with Crippen LogP contribution >= 0.6 is 0 Å². The summed E-state index contributed by atoms with van der Waals surface area (Å²) in [4.78, 5) is 11.4. The van der Waals surface area contributed by atoms with Gasteiger partial charge in [-0.2, -0.15) is 0 Å². The highest BCUT2D eigenvalue weighted by atomic mass is 16.4. The number of hydrogen-bond donors (Lipinski definition) is 3. The van der Waals surface area contributed by atoms with Gasteiger partial charge in [0, 0.05) is 0 Å². The normalized spacial score (nSPS) is 31.1. The first-order valence-corrected chi connectivity index (χ1v) is 6.56. The fourth-order valence-electron chi connectivity index (χ4n) is 2.95. The van der Waals surface area contributed by atoms with Crippen molar-refractivity contribution in [1.82, 2.24) is 0 Å². The van der Waals surface area contributed by atoms with Crippen LogP contribution in [-0.4, -0.2) is 34.0 Å². The van der Waals surface area contributed by atoms with Crippen molar-refractivity contribution < 1.29 is 20.1 Å². The third-order valence-corrected chi connectivity index (χ3v) is 4.05. The average Bonchev–Trinajstić information content (AvgIpc) is 2.31. The molecule has 1 unspecified atom stereocenters. The Balaban J connectivity index is 2.60. The first kappa shape index (κ1) is 14.5. The molecule has 1 saturated carbocycles. The van der Waals surface area contributed by atoms with Crippen LogP contribution in [0.25, 0.3) is 0 Å². The van der Waals surface area contributed by atoms with E-state index in [2.05, 4.69) is 6.92 Å². The summed E-state index contributed by atoms with van der Waals surface area (Å²) in [5, 5.41) is 27.7. The van der Waals surface area contributed by atoms with Gasteiger partial charge in [0.2, 0.25) is 0 Å². The largest absolute Gasteiger partial charge is 0.481 e. The topological polar surface area (TPSA) is 77.8 Å². The summed E-state index contributed by atoms with van der Waals surface area (Å²) in [7, 11) is 0. The molecule has 0 aliphatic heterocycles. The fourth-order valence-corrected chi connectivity index (χ4v) is 2.95. The first-order valence-electron chi connectivity index (χ1n) is 6.56. The van der Waals surface area contributed by atoms with Gasteiger partial charge in [0.25, 0.3) is 0 Å². The molecule has 1 aliphatic rings. The van der Waals surface area contributed by atoms with E-state index in [1.165, 1.54) is 0 Å². The Bertz CT molecular complexity index is 244. The number of carbonyl (C=O) groups is 1. The van der Waals surface area contributed by atoms with E-state index in [1.807, 2.05) is 0 Å². The number of aliphatic hydroxyl groups excluding tert-OH is 2. The van der Waals surface area contributed by atoms with Crippen LogP contribution in [0.1, 0.15) is 51.9 Å². The highest BCUT2D eigenvalue weighted by Gasteiger charge is 2.42. The van der Waals surface area contributed by atoms with Gasteiger partial charge in [0.15, 0.2) is 0 Å². The molecule has 4 nitrogen and oxygen atoms in total. The SMILES string of the molecule is CCCC1CCC(CC(O)CO)(C(=O)O)CC1. The minimum absolute atomic E-state index is 0.178. The van der Waals surface area contributed by atoms with Crippen molar-refractivity contribution in [1.29, 1.82) is 0 Å². The number of aliphatic hydroxyl groups is 2. The van der Waals surface area contributed by atoms with Crippen molar-refractivity contribution in [3.8, 4) is 0 Å². The van der Waals surface area contributed by atoms with Gasteiger partial charge in [-0.25, -0.2) is 0 Å². The van der Waals surface area contributed by atoms with Gasteiger partial charge in [-0.1, -0.05) is 19.8 Å². The molecule has 0 aromatic heterocycles. The summed E-state index contributed by atoms with van der Waals surface area (Å²) < 4.78 is 0. The Kier molecular flexibility index (Phi) is 5.40. The monoisotopic (exact) mass is 244 g/mol. The maximum Gasteiger partial charge on any atom is 0.309 e. The molecule has 3 N–H and O–H groups in total. The maximum absolute atomic E-state index is 11.4. The van der Waals surface area contributed by atoms with E-state index < -0.39 is 17.5 Å². The molecular weight excluding hydrogens is 220 g/mol. The molecule has 1 fully saturated rings. The van der Waals surface area contributed by atoms with Crippen LogP contribution in [0.3, 0.4) is 0 Å². The van der Waals surface area contributed by atoms with Crippen molar-refractivity contribution in [2.45, 2.75) is 58.0 Å². The maximum atomic E-state index is 11.4. The van der Waals surface area contributed by atoms with Crippen molar-refractivity contribution in [2.75, 3.05) is 6.61 Å². The smallest absolute Gasteiger partial charge is 0.309 e. The van der Waals surface area contributed by atoms with E-state index in [-0.39, 0.29) is 13.0 Å². The molecular formula is C13H24O4. The lowest BCUT2D eigenvalue weighted by Crippen LogP contribution is -2.39. The molecule has 0 saturated heterocycles. The zero-order chi connectivity index (χ0) is 12.9. The fraction of sp³-hybridized carbons (Fsp3) is 0.923. The highest BCUT2D eigenvalue weighted by molar-refractivity contribution is 5.74. The number of carboxylic acids is 1. The Morgan fingerprint density at radius 2 is 2.00 bits per heavy atom. The van der Waals surface area contributed by atoms with Gasteiger partial charge < -0.3 is 15.3 Å². The summed E-state index contributed by atoms with van der Waals surface area (Å²) in [6, 6.07) is 0. The molecule has 1 aliphatic carbocycles. The van der Waals surface area contributed by atoms with Gasteiger partial charge >= 0.3 is 5.97 Å². The van der Waals surface area contributed by atoms with E-state index in [0.29, 0.717) is 18.8 Å². The van der Waals surface area contributed by atoms with Crippen LogP contribution < -0.4 is 0 Å². The molecule has 17 heavy (non-hydrogen) atoms. The predicted molar refractivity (Wildman–Crippen MR) is 64.6 cm³/mol. The summed E-state index contributed by atoms with van der Waals surface area (Å²) in [5.74, 6) is -0.182. The highest BCUT2D eigenvalue weighted by Crippen LogP contribution is 2.43. The molecule has 100 valence electrons. The van der Waals surface area contributed by atoms with Crippen molar-refractivity contribution in [2.24, 2.45) is 11.3 Å². The molecule has 4 heteroatoms. The van der Waals surface area contributed by atoms with Crippen LogP contribution in [0.15, 0.2) is 0 Å². The number of aliphatic carboxylic acids is 1. The Morgan fingerprint density at radius 1 is 1.41 bits per heavy atom. The number of carboxylic acid groups (broad SMARTS) is 1. The number of hydrogen-bond acceptors (Lipinski definition) is 3. The molecule has 1 rings (SSSR count). The van der Waals surface area contributed by atoms with Gasteiger partial charge in [0.1, 0.15) is 0 Å². The zero-order valence-electron chi connectivity index (χ0n) is 10.6. The van der Waals surface area contributed by atoms with E-state index in [1.54, 1.807) is 0 Å². The van der Waals surface area contributed by atoms with E-state index >= 15 is 0 Å². The summed E-state index contributed by atoms with van der Waals surface area (Å²) in [6.07, 6.45) is 4.69. The van der Waals surface area contributed by atoms with Crippen LogP contribution in [0, 0.1) is 11.3 Å². The van der Waals surface area contributed by atoms with Crippen molar-refractivity contribution in [3.63, 3.8) is 0 Å². The lowest BCUT2D eigenvalue weighted by Gasteiger charge is -2.37. The second-order valence-electron chi connectivity index (χ2n) is 5.36. The minimum Gasteiger partial charge on any atom is -0.481 e. The quantitative estimate of drug-likeness (QED) is 0.665. The van der Waals surface area contributed by atoms with Crippen LogP contribution in [0.5, 0.6) is 0 Å². The molecule has 0 radical (unpaired) electrons. The Morgan fingerprint density at radius 3 is 2.41 bits per heavy atom. The third-order valence-electron chi connectivity index (χ3n) is 4.05. The van der Waals surface area contributed by atoms with Gasteiger partial charge in [-0.3, -0.25) is 4.79 Å². The molecule has 1 atom stereocenters. The average molecular weight is 244 g/mol. The van der Waals surface area contributed by atoms with Gasteiger partial charge in [-0.05, 0) is 38.0 Å². The first-order chi connectivity index (χ1) is 8.04.